The minimum absolute atomic E-state index is 0.0318. The highest BCUT2D eigenvalue weighted by atomic mass is 32.2. The van der Waals surface area contributed by atoms with Gasteiger partial charge in [-0.1, -0.05) is 13.8 Å². The van der Waals surface area contributed by atoms with Crippen molar-refractivity contribution in [2.45, 2.75) is 31.9 Å². The Labute approximate surface area is 109 Å². The van der Waals surface area contributed by atoms with Gasteiger partial charge in [0.25, 0.3) is 0 Å². The van der Waals surface area contributed by atoms with Crippen molar-refractivity contribution in [3.63, 3.8) is 0 Å². The molecule has 1 aliphatic rings. The fourth-order valence-electron chi connectivity index (χ4n) is 2.20. The molecule has 1 fully saturated rings. The molecule has 7 heteroatoms. The first kappa shape index (κ1) is 15.4. The van der Waals surface area contributed by atoms with E-state index in [1.165, 1.54) is 0 Å². The van der Waals surface area contributed by atoms with E-state index in [2.05, 4.69) is 18.7 Å². The molecule has 18 heavy (non-hydrogen) atoms. The number of nitrogens with zero attached hydrogens (tertiary/aromatic N) is 2. The van der Waals surface area contributed by atoms with Gasteiger partial charge in [0.2, 0.25) is 15.9 Å². The van der Waals surface area contributed by atoms with Gasteiger partial charge in [0.1, 0.15) is 5.25 Å². The third-order valence-electron chi connectivity index (χ3n) is 3.44. The van der Waals surface area contributed by atoms with Crippen molar-refractivity contribution in [2.24, 2.45) is 5.14 Å². The van der Waals surface area contributed by atoms with Crippen LogP contribution in [0.1, 0.15) is 26.7 Å². The summed E-state index contributed by atoms with van der Waals surface area (Å²) in [5.41, 5.74) is 0. The van der Waals surface area contributed by atoms with E-state index in [0.717, 1.165) is 26.1 Å². The highest BCUT2D eigenvalue weighted by Gasteiger charge is 2.35. The maximum atomic E-state index is 11.6. The molecule has 2 N–H and O–H groups in total. The van der Waals surface area contributed by atoms with Gasteiger partial charge in [-0.15, -0.1) is 0 Å². The SMILES string of the molecule is CCN(CC)CCCN1CC(S(N)(=O)=O)CC1=O. The van der Waals surface area contributed by atoms with Crippen molar-refractivity contribution in [3.05, 3.63) is 0 Å². The maximum absolute atomic E-state index is 11.6. The van der Waals surface area contributed by atoms with Crippen LogP contribution < -0.4 is 5.14 Å². The molecule has 1 amide bonds. The van der Waals surface area contributed by atoms with Gasteiger partial charge in [-0.2, -0.15) is 0 Å². The molecule has 6 nitrogen and oxygen atoms in total. The molecular formula is C11H23N3O3S. The molecule has 0 radical (unpaired) electrons. The highest BCUT2D eigenvalue weighted by Crippen LogP contribution is 2.16. The number of carbonyl (C=O) groups is 1. The van der Waals surface area contributed by atoms with Crippen molar-refractivity contribution in [1.82, 2.24) is 9.80 Å². The summed E-state index contributed by atoms with van der Waals surface area (Å²) in [4.78, 5) is 15.5. The molecule has 0 aliphatic carbocycles. The molecule has 0 bridgehead atoms. The number of hydrogen-bond acceptors (Lipinski definition) is 4. The third-order valence-corrected chi connectivity index (χ3v) is 4.69. The van der Waals surface area contributed by atoms with E-state index in [1.807, 2.05) is 0 Å². The third kappa shape index (κ3) is 4.22. The van der Waals surface area contributed by atoms with Crippen LogP contribution in [-0.4, -0.2) is 62.1 Å². The van der Waals surface area contributed by atoms with Crippen LogP contribution in [0.4, 0.5) is 0 Å². The summed E-state index contributed by atoms with van der Waals surface area (Å²) >= 11 is 0. The highest BCUT2D eigenvalue weighted by molar-refractivity contribution is 7.89. The molecular weight excluding hydrogens is 254 g/mol. The zero-order valence-corrected chi connectivity index (χ0v) is 11.9. The van der Waals surface area contributed by atoms with Crippen LogP contribution in [0.3, 0.4) is 0 Å². The van der Waals surface area contributed by atoms with Crippen LogP contribution >= 0.6 is 0 Å². The average molecular weight is 277 g/mol. The molecule has 0 aromatic heterocycles. The van der Waals surface area contributed by atoms with Crippen molar-refractivity contribution >= 4 is 15.9 Å². The molecule has 1 aliphatic heterocycles. The number of rotatable bonds is 7. The normalized spacial score (nSPS) is 21.0. The van der Waals surface area contributed by atoms with E-state index >= 15 is 0 Å². The van der Waals surface area contributed by atoms with Crippen LogP contribution in [-0.2, 0) is 14.8 Å². The monoisotopic (exact) mass is 277 g/mol. The van der Waals surface area contributed by atoms with Gasteiger partial charge in [-0.3, -0.25) is 4.79 Å². The number of primary sulfonamides is 1. The van der Waals surface area contributed by atoms with Crippen LogP contribution in [0, 0.1) is 0 Å². The average Bonchev–Trinajstić information content (AvgIpc) is 2.66. The van der Waals surface area contributed by atoms with Crippen molar-refractivity contribution < 1.29 is 13.2 Å². The van der Waals surface area contributed by atoms with E-state index in [1.54, 1.807) is 4.90 Å². The van der Waals surface area contributed by atoms with Crippen molar-refractivity contribution in [1.29, 1.82) is 0 Å². The van der Waals surface area contributed by atoms with Crippen molar-refractivity contribution in [2.75, 3.05) is 32.7 Å². The Kier molecular flexibility index (Phi) is 5.55. The number of hydrogen-bond donors (Lipinski definition) is 1. The summed E-state index contributed by atoms with van der Waals surface area (Å²) in [6.07, 6.45) is 0.898. The van der Waals surface area contributed by atoms with Gasteiger partial charge < -0.3 is 9.80 Å². The Bertz CT molecular complexity index is 379. The second-order valence-electron chi connectivity index (χ2n) is 4.64. The Morgan fingerprint density at radius 2 is 2.00 bits per heavy atom. The molecule has 1 rings (SSSR count). The van der Waals surface area contributed by atoms with E-state index in [-0.39, 0.29) is 18.9 Å². The van der Waals surface area contributed by atoms with Gasteiger partial charge in [-0.05, 0) is 26.1 Å². The number of sulfonamides is 1. The van der Waals surface area contributed by atoms with E-state index in [0.29, 0.717) is 6.54 Å². The first-order chi connectivity index (χ1) is 8.38. The fourth-order valence-corrected chi connectivity index (χ4v) is 2.96. The Morgan fingerprint density at radius 1 is 1.39 bits per heavy atom. The summed E-state index contributed by atoms with van der Waals surface area (Å²) in [7, 11) is -3.59. The lowest BCUT2D eigenvalue weighted by atomic mass is 10.3. The standard InChI is InChI=1S/C11H23N3O3S/c1-3-13(4-2)6-5-7-14-9-10(8-11(14)15)18(12,16)17/h10H,3-9H2,1-2H3,(H2,12,16,17). The van der Waals surface area contributed by atoms with Gasteiger partial charge in [0.05, 0.1) is 0 Å². The number of carbonyl (C=O) groups excluding carboxylic acids is 1. The number of likely N-dealkylation sites (tertiary alicyclic amines) is 1. The van der Waals surface area contributed by atoms with Gasteiger partial charge in [-0.25, -0.2) is 13.6 Å². The molecule has 0 saturated carbocycles. The summed E-state index contributed by atoms with van der Waals surface area (Å²) in [5, 5.41) is 4.35. The summed E-state index contributed by atoms with van der Waals surface area (Å²) < 4.78 is 22.4. The second-order valence-corrected chi connectivity index (χ2v) is 6.48. The Hall–Kier alpha value is -0.660. The molecule has 1 heterocycles. The second kappa shape index (κ2) is 6.49. The van der Waals surface area contributed by atoms with Crippen LogP contribution in [0.5, 0.6) is 0 Å². The zero-order valence-electron chi connectivity index (χ0n) is 11.1. The molecule has 0 aromatic carbocycles. The molecule has 0 spiro atoms. The predicted octanol–water partition coefficient (Wildman–Crippen LogP) is -0.392. The number of nitrogens with two attached hydrogens (primary N) is 1. The number of amides is 1. The van der Waals surface area contributed by atoms with Gasteiger partial charge in [0.15, 0.2) is 0 Å². The molecule has 1 atom stereocenters. The van der Waals surface area contributed by atoms with E-state index in [4.69, 9.17) is 5.14 Å². The molecule has 1 unspecified atom stereocenters. The van der Waals surface area contributed by atoms with Crippen molar-refractivity contribution in [3.8, 4) is 0 Å². The minimum Gasteiger partial charge on any atom is -0.341 e. The Balaban J connectivity index is 2.38. The lowest BCUT2D eigenvalue weighted by Crippen LogP contribution is -2.34. The van der Waals surface area contributed by atoms with Gasteiger partial charge >= 0.3 is 0 Å². The summed E-state index contributed by atoms with van der Waals surface area (Å²) in [6.45, 7) is 7.96. The topological polar surface area (TPSA) is 83.7 Å². The van der Waals surface area contributed by atoms with E-state index < -0.39 is 15.3 Å². The zero-order chi connectivity index (χ0) is 13.8. The molecule has 0 aromatic rings. The molecule has 1 saturated heterocycles. The van der Waals surface area contributed by atoms with Crippen LogP contribution in [0.15, 0.2) is 0 Å². The minimum atomic E-state index is -3.59. The van der Waals surface area contributed by atoms with Crippen LogP contribution in [0.2, 0.25) is 0 Å². The van der Waals surface area contributed by atoms with Crippen LogP contribution in [0.25, 0.3) is 0 Å². The van der Waals surface area contributed by atoms with Gasteiger partial charge in [0, 0.05) is 19.5 Å². The first-order valence-corrected chi connectivity index (χ1v) is 8.01. The predicted molar refractivity (Wildman–Crippen MR) is 70.5 cm³/mol. The van der Waals surface area contributed by atoms with E-state index in [9.17, 15) is 13.2 Å². The summed E-state index contributed by atoms with van der Waals surface area (Å²) in [5.74, 6) is -0.103. The quantitative estimate of drug-likeness (QED) is 0.687. The molecule has 106 valence electrons. The summed E-state index contributed by atoms with van der Waals surface area (Å²) in [6, 6.07) is 0. The largest absolute Gasteiger partial charge is 0.341 e. The smallest absolute Gasteiger partial charge is 0.224 e. The first-order valence-electron chi connectivity index (χ1n) is 6.40. The Morgan fingerprint density at radius 3 is 2.44 bits per heavy atom. The lowest BCUT2D eigenvalue weighted by molar-refractivity contribution is -0.127. The fraction of sp³-hybridized carbons (Fsp3) is 0.909. The lowest BCUT2D eigenvalue weighted by Gasteiger charge is -2.21. The maximum Gasteiger partial charge on any atom is 0.224 e.